The van der Waals surface area contributed by atoms with E-state index in [1.165, 1.54) is 35.0 Å². The molecule has 1 aromatic heterocycles. The Labute approximate surface area is 149 Å². The smallest absolute Gasteiger partial charge is 0.119 e. The normalized spacial score (nSPS) is 18.5. The van der Waals surface area contributed by atoms with E-state index < -0.39 is 0 Å². The summed E-state index contributed by atoms with van der Waals surface area (Å²) in [6, 6.07) is 17.0. The van der Waals surface area contributed by atoms with Gasteiger partial charge in [-0.25, -0.2) is 0 Å². The fourth-order valence-electron chi connectivity index (χ4n) is 3.74. The predicted molar refractivity (Wildman–Crippen MR) is 103 cm³/mol. The molecule has 3 nitrogen and oxygen atoms in total. The molecule has 1 saturated heterocycles. The molecule has 1 N–H and O–H groups in total. The van der Waals surface area contributed by atoms with Crippen LogP contribution in [0.15, 0.2) is 54.7 Å². The third-order valence-corrected chi connectivity index (χ3v) is 5.16. The van der Waals surface area contributed by atoms with Gasteiger partial charge in [-0.1, -0.05) is 35.9 Å². The highest BCUT2D eigenvalue weighted by atomic mass is 16.5. The molecular weight excluding hydrogens is 308 g/mol. The van der Waals surface area contributed by atoms with Crippen molar-refractivity contribution in [2.24, 2.45) is 0 Å². The summed E-state index contributed by atoms with van der Waals surface area (Å²) in [7, 11) is 0. The molecule has 25 heavy (non-hydrogen) atoms. The van der Waals surface area contributed by atoms with E-state index in [0.29, 0.717) is 6.10 Å². The average Bonchev–Trinajstić information content (AvgIpc) is 3.06. The highest BCUT2D eigenvalue weighted by Gasteiger charge is 2.21. The van der Waals surface area contributed by atoms with Crippen LogP contribution in [0.5, 0.6) is 5.75 Å². The Bertz CT molecular complexity index is 821. The van der Waals surface area contributed by atoms with Gasteiger partial charge in [0.2, 0.25) is 0 Å². The maximum atomic E-state index is 6.20. The second-order valence-electron chi connectivity index (χ2n) is 7.11. The number of hydrogen-bond donors (Lipinski definition) is 1. The van der Waals surface area contributed by atoms with E-state index in [9.17, 15) is 0 Å². The van der Waals surface area contributed by atoms with Crippen molar-refractivity contribution in [3.05, 3.63) is 65.9 Å². The molecule has 2 aromatic carbocycles. The van der Waals surface area contributed by atoms with E-state index in [0.717, 1.165) is 31.7 Å². The number of aryl methyl sites for hydroxylation is 1. The van der Waals surface area contributed by atoms with Crippen LogP contribution in [0.3, 0.4) is 0 Å². The summed E-state index contributed by atoms with van der Waals surface area (Å²) in [5.41, 5.74) is 3.92. The summed E-state index contributed by atoms with van der Waals surface area (Å²) in [4.78, 5) is 5.92. The van der Waals surface area contributed by atoms with Gasteiger partial charge in [0.05, 0.1) is 0 Å². The fourth-order valence-corrected chi connectivity index (χ4v) is 3.74. The monoisotopic (exact) mass is 334 g/mol. The number of ether oxygens (including phenoxy) is 1. The number of benzene rings is 2. The molecule has 0 radical (unpaired) electrons. The van der Waals surface area contributed by atoms with Crippen LogP contribution in [-0.4, -0.2) is 35.6 Å². The van der Waals surface area contributed by atoms with Crippen LogP contribution >= 0.6 is 0 Å². The summed E-state index contributed by atoms with van der Waals surface area (Å²) < 4.78 is 6.20. The Hall–Kier alpha value is -2.26. The van der Waals surface area contributed by atoms with Gasteiger partial charge in [-0.05, 0) is 56.5 Å². The Morgan fingerprint density at radius 2 is 1.96 bits per heavy atom. The van der Waals surface area contributed by atoms with Gasteiger partial charge < -0.3 is 9.72 Å². The van der Waals surface area contributed by atoms with Crippen LogP contribution in [-0.2, 0) is 6.42 Å². The molecule has 1 aliphatic heterocycles. The molecule has 2 heterocycles. The first-order chi connectivity index (χ1) is 12.3. The van der Waals surface area contributed by atoms with Crippen LogP contribution in [0, 0.1) is 6.92 Å². The molecule has 1 aliphatic rings. The molecule has 4 rings (SSSR count). The number of likely N-dealkylation sites (tertiary alicyclic amines) is 1. The van der Waals surface area contributed by atoms with Crippen molar-refractivity contribution in [1.29, 1.82) is 0 Å². The zero-order chi connectivity index (χ0) is 17.1. The quantitative estimate of drug-likeness (QED) is 0.741. The first-order valence-corrected chi connectivity index (χ1v) is 9.28. The number of hydrogen-bond acceptors (Lipinski definition) is 2. The molecule has 130 valence electrons. The fraction of sp³-hybridized carbons (Fsp3) is 0.364. The number of fused-ring (bicyclic) bond motifs is 1. The first-order valence-electron chi connectivity index (χ1n) is 9.28. The van der Waals surface area contributed by atoms with Crippen molar-refractivity contribution in [1.82, 2.24) is 9.88 Å². The number of aromatic amines is 1. The number of nitrogens with one attached hydrogen (secondary N) is 1. The number of para-hydroxylation sites is 1. The molecule has 3 heteroatoms. The highest BCUT2D eigenvalue weighted by molar-refractivity contribution is 5.83. The van der Waals surface area contributed by atoms with Crippen molar-refractivity contribution in [3.8, 4) is 5.75 Å². The Morgan fingerprint density at radius 1 is 1.12 bits per heavy atom. The molecule has 0 saturated carbocycles. The lowest BCUT2D eigenvalue weighted by Gasteiger charge is -2.32. The van der Waals surface area contributed by atoms with Crippen molar-refractivity contribution >= 4 is 10.9 Å². The number of rotatable bonds is 5. The maximum absolute atomic E-state index is 6.20. The average molecular weight is 334 g/mol. The van der Waals surface area contributed by atoms with E-state index in [1.54, 1.807) is 0 Å². The second-order valence-corrected chi connectivity index (χ2v) is 7.11. The number of piperidine rings is 1. The molecule has 0 bridgehead atoms. The van der Waals surface area contributed by atoms with Gasteiger partial charge >= 0.3 is 0 Å². The molecule has 0 aliphatic carbocycles. The summed E-state index contributed by atoms with van der Waals surface area (Å²) >= 11 is 0. The van der Waals surface area contributed by atoms with E-state index in [-0.39, 0.29) is 0 Å². The van der Waals surface area contributed by atoms with Crippen LogP contribution in [0.4, 0.5) is 0 Å². The molecule has 1 fully saturated rings. The van der Waals surface area contributed by atoms with Crippen molar-refractivity contribution in [2.45, 2.75) is 32.3 Å². The van der Waals surface area contributed by atoms with E-state index in [1.807, 2.05) is 0 Å². The topological polar surface area (TPSA) is 28.3 Å². The zero-order valence-corrected chi connectivity index (χ0v) is 14.9. The van der Waals surface area contributed by atoms with Gasteiger partial charge in [0, 0.05) is 30.2 Å². The minimum absolute atomic E-state index is 0.305. The molecule has 0 spiro atoms. The summed E-state index contributed by atoms with van der Waals surface area (Å²) in [6.45, 7) is 5.40. The standard InChI is InChI=1S/C22H26N2O/c1-17-8-10-19(11-9-17)25-20-5-4-13-24(16-20)14-12-18-15-23-22-7-3-2-6-21(18)22/h2-3,6-11,15,20,23H,4-5,12-14,16H2,1H3/t20-/m1/s1. The number of nitrogens with zero attached hydrogens (tertiary/aromatic N) is 1. The number of H-pyrrole nitrogens is 1. The lowest BCUT2D eigenvalue weighted by molar-refractivity contribution is 0.0893. The third kappa shape index (κ3) is 3.88. The van der Waals surface area contributed by atoms with Gasteiger partial charge in [0.15, 0.2) is 0 Å². The van der Waals surface area contributed by atoms with E-state index in [4.69, 9.17) is 4.74 Å². The number of aromatic nitrogens is 1. The van der Waals surface area contributed by atoms with Crippen molar-refractivity contribution < 1.29 is 4.74 Å². The Morgan fingerprint density at radius 3 is 2.84 bits per heavy atom. The molecule has 1 atom stereocenters. The minimum Gasteiger partial charge on any atom is -0.489 e. The van der Waals surface area contributed by atoms with E-state index in [2.05, 4.69) is 71.5 Å². The summed E-state index contributed by atoms with van der Waals surface area (Å²) in [5, 5.41) is 1.35. The van der Waals surface area contributed by atoms with E-state index >= 15 is 0 Å². The molecule has 0 amide bonds. The second kappa shape index (κ2) is 7.32. The van der Waals surface area contributed by atoms with Gasteiger partial charge in [-0.15, -0.1) is 0 Å². The summed E-state index contributed by atoms with van der Waals surface area (Å²) in [5.74, 6) is 0.995. The first kappa shape index (κ1) is 16.2. The summed E-state index contributed by atoms with van der Waals surface area (Å²) in [6.07, 6.45) is 5.91. The van der Waals surface area contributed by atoms with Crippen LogP contribution < -0.4 is 4.74 Å². The molecule has 0 unspecified atom stereocenters. The molecule has 3 aromatic rings. The maximum Gasteiger partial charge on any atom is 0.119 e. The van der Waals surface area contributed by atoms with Crippen LogP contribution in [0.2, 0.25) is 0 Å². The van der Waals surface area contributed by atoms with Gasteiger partial charge in [-0.3, -0.25) is 4.90 Å². The van der Waals surface area contributed by atoms with Gasteiger partial charge in [0.1, 0.15) is 11.9 Å². The largest absolute Gasteiger partial charge is 0.489 e. The highest BCUT2D eigenvalue weighted by Crippen LogP contribution is 2.21. The third-order valence-electron chi connectivity index (χ3n) is 5.16. The molecular formula is C22H26N2O. The lowest BCUT2D eigenvalue weighted by Crippen LogP contribution is -2.41. The minimum atomic E-state index is 0.305. The Balaban J connectivity index is 1.34. The van der Waals surface area contributed by atoms with Crippen molar-refractivity contribution in [2.75, 3.05) is 19.6 Å². The zero-order valence-electron chi connectivity index (χ0n) is 14.9. The van der Waals surface area contributed by atoms with Gasteiger partial charge in [-0.2, -0.15) is 0 Å². The predicted octanol–water partition coefficient (Wildman–Crippen LogP) is 4.56. The van der Waals surface area contributed by atoms with Gasteiger partial charge in [0.25, 0.3) is 0 Å². The Kier molecular flexibility index (Phi) is 4.75. The van der Waals surface area contributed by atoms with Crippen LogP contribution in [0.25, 0.3) is 10.9 Å². The lowest BCUT2D eigenvalue weighted by atomic mass is 10.1. The SMILES string of the molecule is Cc1ccc(O[C@@H]2CCCN(CCc3c[nH]c4ccccc34)C2)cc1. The van der Waals surface area contributed by atoms with Crippen molar-refractivity contribution in [3.63, 3.8) is 0 Å². The van der Waals surface area contributed by atoms with Crippen LogP contribution in [0.1, 0.15) is 24.0 Å².